The minimum atomic E-state index is -3.24. The zero-order valence-electron chi connectivity index (χ0n) is 13.4. The van der Waals surface area contributed by atoms with E-state index in [-0.39, 0.29) is 11.7 Å². The number of hydrogen-bond acceptors (Lipinski definition) is 5. The van der Waals surface area contributed by atoms with E-state index in [2.05, 4.69) is 15.6 Å². The second-order valence-electron chi connectivity index (χ2n) is 6.03. The van der Waals surface area contributed by atoms with Crippen LogP contribution in [0.1, 0.15) is 25.3 Å². The number of amides is 3. The number of carbonyl (C=O) groups is 2. The van der Waals surface area contributed by atoms with E-state index in [1.165, 1.54) is 4.31 Å². The van der Waals surface area contributed by atoms with Gasteiger partial charge in [0.1, 0.15) is 0 Å². The van der Waals surface area contributed by atoms with E-state index in [0.717, 1.165) is 0 Å². The largest absolute Gasteiger partial charge is 0.322 e. The molecule has 3 amide bonds. The molecule has 0 aliphatic carbocycles. The minimum absolute atomic E-state index is 0.0582. The third kappa shape index (κ3) is 2.67. The Morgan fingerprint density at radius 3 is 2.54 bits per heavy atom. The van der Waals surface area contributed by atoms with Crippen LogP contribution < -0.4 is 10.6 Å². The molecule has 3 heterocycles. The van der Waals surface area contributed by atoms with Gasteiger partial charge in [-0.1, -0.05) is 6.07 Å². The maximum Gasteiger partial charge on any atom is 0.322 e. The van der Waals surface area contributed by atoms with Crippen LogP contribution in [0.15, 0.2) is 24.5 Å². The van der Waals surface area contributed by atoms with Gasteiger partial charge < -0.3 is 5.32 Å². The molecule has 2 saturated heterocycles. The van der Waals surface area contributed by atoms with Gasteiger partial charge in [-0.05, 0) is 31.7 Å². The van der Waals surface area contributed by atoms with Gasteiger partial charge in [-0.25, -0.2) is 17.5 Å². The van der Waals surface area contributed by atoms with Gasteiger partial charge in [0.15, 0.2) is 5.54 Å². The van der Waals surface area contributed by atoms with Crippen LogP contribution in [0.3, 0.4) is 0 Å². The van der Waals surface area contributed by atoms with Crippen molar-refractivity contribution in [1.29, 1.82) is 0 Å². The molecule has 2 N–H and O–H groups in total. The fourth-order valence-corrected chi connectivity index (χ4v) is 4.67. The quantitative estimate of drug-likeness (QED) is 0.752. The van der Waals surface area contributed by atoms with Crippen LogP contribution in [-0.4, -0.2) is 48.5 Å². The lowest BCUT2D eigenvalue weighted by molar-refractivity contribution is -0.127. The van der Waals surface area contributed by atoms with Crippen LogP contribution in [-0.2, 0) is 20.4 Å². The molecule has 1 aromatic heterocycles. The zero-order valence-corrected chi connectivity index (χ0v) is 14.2. The third-order valence-corrected chi connectivity index (χ3v) is 6.72. The standard InChI is InChI=1S/C15H20N4O4S/c1-2-24(22,23)19-8-5-11(6-9-19)15(12-4-3-7-16-10-12)13(20)17-14(21)18-15/h3-4,7,10-11H,2,5-6,8-9H2,1H3,(H2,17,18,20,21). The van der Waals surface area contributed by atoms with Crippen molar-refractivity contribution in [3.8, 4) is 0 Å². The number of urea groups is 1. The number of hydrogen-bond donors (Lipinski definition) is 2. The maximum atomic E-state index is 12.6. The lowest BCUT2D eigenvalue weighted by Crippen LogP contribution is -2.54. The van der Waals surface area contributed by atoms with Crippen molar-refractivity contribution in [2.45, 2.75) is 25.3 Å². The molecule has 24 heavy (non-hydrogen) atoms. The summed E-state index contributed by atoms with van der Waals surface area (Å²) in [5.41, 5.74) is -0.571. The number of imide groups is 1. The smallest absolute Gasteiger partial charge is 0.319 e. The molecular formula is C15H20N4O4S. The summed E-state index contributed by atoms with van der Waals surface area (Å²) in [7, 11) is -3.24. The predicted octanol–water partition coefficient (Wildman–Crippen LogP) is 0.178. The summed E-state index contributed by atoms with van der Waals surface area (Å²) in [4.78, 5) is 28.4. The number of aromatic nitrogens is 1. The summed E-state index contributed by atoms with van der Waals surface area (Å²) in [5, 5.41) is 5.07. The first-order valence-electron chi connectivity index (χ1n) is 7.92. The molecule has 2 aliphatic heterocycles. The fourth-order valence-electron chi connectivity index (χ4n) is 3.54. The summed E-state index contributed by atoms with van der Waals surface area (Å²) in [5.74, 6) is -0.545. The monoisotopic (exact) mass is 352 g/mol. The number of nitrogens with one attached hydrogen (secondary N) is 2. The Kier molecular flexibility index (Phi) is 4.31. The molecule has 0 radical (unpaired) electrons. The molecule has 2 fully saturated rings. The number of piperidine rings is 1. The maximum absolute atomic E-state index is 12.6. The second-order valence-corrected chi connectivity index (χ2v) is 8.29. The Morgan fingerprint density at radius 1 is 1.33 bits per heavy atom. The highest BCUT2D eigenvalue weighted by Crippen LogP contribution is 2.39. The highest BCUT2D eigenvalue weighted by atomic mass is 32.2. The first-order chi connectivity index (χ1) is 11.4. The van der Waals surface area contributed by atoms with Crippen LogP contribution >= 0.6 is 0 Å². The summed E-state index contributed by atoms with van der Waals surface area (Å²) in [6, 6.07) is 2.94. The molecule has 1 unspecified atom stereocenters. The lowest BCUT2D eigenvalue weighted by Gasteiger charge is -2.40. The lowest BCUT2D eigenvalue weighted by atomic mass is 9.74. The summed E-state index contributed by atoms with van der Waals surface area (Å²) in [6.07, 6.45) is 4.15. The SMILES string of the molecule is CCS(=O)(=O)N1CCC(C2(c3cccnc3)NC(=O)NC2=O)CC1. The van der Waals surface area contributed by atoms with E-state index >= 15 is 0 Å². The van der Waals surface area contributed by atoms with Gasteiger partial charge in [0.25, 0.3) is 5.91 Å². The molecule has 3 rings (SSSR count). The van der Waals surface area contributed by atoms with Crippen molar-refractivity contribution >= 4 is 22.0 Å². The van der Waals surface area contributed by atoms with E-state index in [4.69, 9.17) is 0 Å². The zero-order chi connectivity index (χ0) is 17.4. The van der Waals surface area contributed by atoms with Crippen LogP contribution in [0, 0.1) is 5.92 Å². The Bertz CT molecular complexity index is 744. The Balaban J connectivity index is 1.90. The van der Waals surface area contributed by atoms with Gasteiger partial charge >= 0.3 is 6.03 Å². The first-order valence-corrected chi connectivity index (χ1v) is 9.53. The van der Waals surface area contributed by atoms with Gasteiger partial charge in [-0.2, -0.15) is 0 Å². The molecule has 1 atom stereocenters. The predicted molar refractivity (Wildman–Crippen MR) is 86.3 cm³/mol. The molecular weight excluding hydrogens is 332 g/mol. The van der Waals surface area contributed by atoms with Gasteiger partial charge in [-0.15, -0.1) is 0 Å². The van der Waals surface area contributed by atoms with Crippen LogP contribution in [0.2, 0.25) is 0 Å². The third-order valence-electron chi connectivity index (χ3n) is 4.84. The van der Waals surface area contributed by atoms with Crippen molar-refractivity contribution in [3.63, 3.8) is 0 Å². The van der Waals surface area contributed by atoms with Gasteiger partial charge in [0, 0.05) is 31.0 Å². The number of rotatable bonds is 4. The molecule has 0 bridgehead atoms. The average molecular weight is 352 g/mol. The molecule has 130 valence electrons. The molecule has 0 spiro atoms. The molecule has 9 heteroatoms. The van der Waals surface area contributed by atoms with Crippen LogP contribution in [0.5, 0.6) is 0 Å². The molecule has 8 nitrogen and oxygen atoms in total. The summed E-state index contributed by atoms with van der Waals surface area (Å²) in [6.45, 7) is 2.29. The molecule has 0 saturated carbocycles. The van der Waals surface area contributed by atoms with E-state index < -0.39 is 27.5 Å². The minimum Gasteiger partial charge on any atom is -0.319 e. The highest BCUT2D eigenvalue weighted by molar-refractivity contribution is 7.89. The number of sulfonamides is 1. The topological polar surface area (TPSA) is 108 Å². The Morgan fingerprint density at radius 2 is 2.04 bits per heavy atom. The van der Waals surface area contributed by atoms with Crippen molar-refractivity contribution in [2.75, 3.05) is 18.8 Å². The number of nitrogens with zero attached hydrogens (tertiary/aromatic N) is 2. The van der Waals surface area contributed by atoms with Gasteiger partial charge in [0.05, 0.1) is 5.75 Å². The highest BCUT2D eigenvalue weighted by Gasteiger charge is 2.54. The number of carbonyl (C=O) groups excluding carboxylic acids is 2. The average Bonchev–Trinajstić information content (AvgIpc) is 2.91. The summed E-state index contributed by atoms with van der Waals surface area (Å²) < 4.78 is 25.5. The second kappa shape index (κ2) is 6.14. The number of pyridine rings is 1. The van der Waals surface area contributed by atoms with E-state index in [1.54, 1.807) is 31.5 Å². The summed E-state index contributed by atoms with van der Waals surface area (Å²) >= 11 is 0. The molecule has 2 aliphatic rings. The normalized spacial score (nSPS) is 26.2. The Labute approximate surface area is 140 Å². The van der Waals surface area contributed by atoms with Crippen LogP contribution in [0.25, 0.3) is 0 Å². The Hall–Kier alpha value is -2.00. The van der Waals surface area contributed by atoms with Crippen molar-refractivity contribution in [2.24, 2.45) is 5.92 Å². The van der Waals surface area contributed by atoms with Gasteiger partial charge in [0.2, 0.25) is 10.0 Å². The van der Waals surface area contributed by atoms with Crippen molar-refractivity contribution < 1.29 is 18.0 Å². The van der Waals surface area contributed by atoms with E-state index in [9.17, 15) is 18.0 Å². The molecule has 1 aromatic rings. The van der Waals surface area contributed by atoms with Crippen molar-refractivity contribution in [1.82, 2.24) is 19.9 Å². The first kappa shape index (κ1) is 16.8. The molecule has 0 aromatic carbocycles. The fraction of sp³-hybridized carbons (Fsp3) is 0.533. The van der Waals surface area contributed by atoms with Crippen molar-refractivity contribution in [3.05, 3.63) is 30.1 Å². The van der Waals surface area contributed by atoms with Crippen LogP contribution in [0.4, 0.5) is 4.79 Å². The van der Waals surface area contributed by atoms with E-state index in [1.807, 2.05) is 0 Å². The van der Waals surface area contributed by atoms with Gasteiger partial charge in [-0.3, -0.25) is 15.1 Å². The van der Waals surface area contributed by atoms with E-state index in [0.29, 0.717) is 31.5 Å².